The SMILES string of the molecule is COc1ccc(COC(=O)C2=C(NC(C)=O)CS[C@@H]3C(NC(C)=O)C(=O)N23)cc1. The van der Waals surface area contributed by atoms with Crippen LogP contribution in [0.2, 0.25) is 0 Å². The Kier molecular flexibility index (Phi) is 6.12. The third-order valence-electron chi connectivity index (χ3n) is 4.38. The average molecular weight is 419 g/mol. The second-order valence-corrected chi connectivity index (χ2v) is 7.63. The van der Waals surface area contributed by atoms with Gasteiger partial charge in [-0.05, 0) is 17.7 Å². The Labute approximate surface area is 171 Å². The highest BCUT2D eigenvalue weighted by Crippen LogP contribution is 2.40. The number of hydrogen-bond donors (Lipinski definition) is 2. The molecule has 0 bridgehead atoms. The van der Waals surface area contributed by atoms with Gasteiger partial charge in [-0.15, -0.1) is 11.8 Å². The van der Waals surface area contributed by atoms with E-state index in [0.29, 0.717) is 17.2 Å². The molecule has 0 spiro atoms. The largest absolute Gasteiger partial charge is 0.497 e. The van der Waals surface area contributed by atoms with Crippen LogP contribution in [0.5, 0.6) is 5.75 Å². The minimum atomic E-state index is -0.718. The molecule has 2 aliphatic heterocycles. The molecule has 0 aliphatic carbocycles. The Morgan fingerprint density at radius 2 is 1.86 bits per heavy atom. The highest BCUT2D eigenvalue weighted by Gasteiger charge is 2.54. The molecule has 1 unspecified atom stereocenters. The van der Waals surface area contributed by atoms with Crippen LogP contribution in [0.3, 0.4) is 0 Å². The highest BCUT2D eigenvalue weighted by molar-refractivity contribution is 8.00. The zero-order valence-electron chi connectivity index (χ0n) is 16.2. The first-order chi connectivity index (χ1) is 13.8. The van der Waals surface area contributed by atoms with Crippen LogP contribution in [0.15, 0.2) is 35.7 Å². The third-order valence-corrected chi connectivity index (χ3v) is 5.66. The van der Waals surface area contributed by atoms with Gasteiger partial charge in [-0.2, -0.15) is 0 Å². The minimum Gasteiger partial charge on any atom is -0.497 e. The van der Waals surface area contributed by atoms with E-state index in [2.05, 4.69) is 10.6 Å². The molecule has 0 saturated carbocycles. The summed E-state index contributed by atoms with van der Waals surface area (Å²) in [6, 6.07) is 6.30. The standard InChI is InChI=1S/C19H21N3O6S/c1-10(23)20-14-9-29-18-15(21-11(2)24)17(25)22(18)16(14)19(26)28-8-12-4-6-13(27-3)7-5-12/h4-7,15,18H,8-9H2,1-3H3,(H,20,23)(H,21,24)/t15?,18-/m1/s1. The number of ether oxygens (including phenoxy) is 2. The Morgan fingerprint density at radius 1 is 1.17 bits per heavy atom. The van der Waals surface area contributed by atoms with Crippen LogP contribution in [0.1, 0.15) is 19.4 Å². The molecule has 1 aromatic rings. The number of thioether (sulfide) groups is 1. The predicted octanol–water partition coefficient (Wildman–Crippen LogP) is 0.506. The van der Waals surface area contributed by atoms with Gasteiger partial charge in [-0.3, -0.25) is 19.3 Å². The topological polar surface area (TPSA) is 114 Å². The molecule has 2 atom stereocenters. The monoisotopic (exact) mass is 419 g/mol. The molecule has 0 radical (unpaired) electrons. The van der Waals surface area contributed by atoms with Crippen molar-refractivity contribution >= 4 is 35.5 Å². The molecule has 2 aliphatic rings. The number of methoxy groups -OCH3 is 1. The Hall–Kier alpha value is -3.01. The van der Waals surface area contributed by atoms with E-state index in [1.165, 1.54) is 30.5 Å². The second kappa shape index (κ2) is 8.56. The normalized spacial score (nSPS) is 20.4. The van der Waals surface area contributed by atoms with Gasteiger partial charge in [0.15, 0.2) is 5.70 Å². The van der Waals surface area contributed by atoms with Gasteiger partial charge in [0.05, 0.1) is 12.8 Å². The molecule has 29 heavy (non-hydrogen) atoms. The molecule has 10 heteroatoms. The van der Waals surface area contributed by atoms with E-state index < -0.39 is 23.3 Å². The van der Waals surface area contributed by atoms with Crippen LogP contribution in [-0.4, -0.2) is 52.9 Å². The van der Waals surface area contributed by atoms with Gasteiger partial charge in [-0.25, -0.2) is 4.79 Å². The number of nitrogens with one attached hydrogen (secondary N) is 2. The molecule has 1 aromatic carbocycles. The van der Waals surface area contributed by atoms with Crippen LogP contribution in [0.4, 0.5) is 0 Å². The Bertz CT molecular complexity index is 882. The maximum absolute atomic E-state index is 12.8. The summed E-state index contributed by atoms with van der Waals surface area (Å²) in [4.78, 5) is 49.5. The van der Waals surface area contributed by atoms with Crippen LogP contribution in [-0.2, 0) is 30.5 Å². The van der Waals surface area contributed by atoms with Gasteiger partial charge in [0.2, 0.25) is 11.8 Å². The second-order valence-electron chi connectivity index (χ2n) is 6.52. The predicted molar refractivity (Wildman–Crippen MR) is 104 cm³/mol. The Balaban J connectivity index is 1.78. The number of esters is 1. The lowest BCUT2D eigenvalue weighted by Crippen LogP contribution is -2.70. The van der Waals surface area contributed by atoms with Crippen LogP contribution in [0, 0.1) is 0 Å². The van der Waals surface area contributed by atoms with Gasteiger partial charge in [0, 0.05) is 19.6 Å². The van der Waals surface area contributed by atoms with E-state index in [1.807, 2.05) is 0 Å². The van der Waals surface area contributed by atoms with Crippen molar-refractivity contribution in [1.29, 1.82) is 0 Å². The number of benzene rings is 1. The van der Waals surface area contributed by atoms with E-state index in [4.69, 9.17) is 9.47 Å². The molecule has 9 nitrogen and oxygen atoms in total. The van der Waals surface area contributed by atoms with Crippen molar-refractivity contribution in [2.75, 3.05) is 12.9 Å². The van der Waals surface area contributed by atoms with Gasteiger partial charge in [0.25, 0.3) is 5.91 Å². The van der Waals surface area contributed by atoms with E-state index in [1.54, 1.807) is 31.4 Å². The molecule has 3 amide bonds. The molecular formula is C19H21N3O6S. The van der Waals surface area contributed by atoms with E-state index in [0.717, 1.165) is 5.56 Å². The van der Waals surface area contributed by atoms with E-state index in [9.17, 15) is 19.2 Å². The summed E-state index contributed by atoms with van der Waals surface area (Å²) in [5.74, 6) is -0.842. The summed E-state index contributed by atoms with van der Waals surface area (Å²) in [6.45, 7) is 2.64. The fourth-order valence-electron chi connectivity index (χ4n) is 3.08. The van der Waals surface area contributed by atoms with Gasteiger partial charge in [0.1, 0.15) is 23.8 Å². The molecule has 2 heterocycles. The van der Waals surface area contributed by atoms with Gasteiger partial charge in [-0.1, -0.05) is 12.1 Å². The quantitative estimate of drug-likeness (QED) is 0.510. The minimum absolute atomic E-state index is 0.00376. The first kappa shape index (κ1) is 20.7. The molecule has 3 rings (SSSR count). The molecule has 0 aromatic heterocycles. The van der Waals surface area contributed by atoms with Gasteiger partial charge >= 0.3 is 5.97 Å². The summed E-state index contributed by atoms with van der Waals surface area (Å²) >= 11 is 1.35. The van der Waals surface area contributed by atoms with Crippen molar-refractivity contribution in [2.45, 2.75) is 31.9 Å². The lowest BCUT2D eigenvalue weighted by molar-refractivity contribution is -0.153. The zero-order valence-corrected chi connectivity index (χ0v) is 17.0. The smallest absolute Gasteiger partial charge is 0.357 e. The summed E-state index contributed by atoms with van der Waals surface area (Å²) in [7, 11) is 1.56. The van der Waals surface area contributed by atoms with Crippen molar-refractivity contribution in [1.82, 2.24) is 15.5 Å². The first-order valence-corrected chi connectivity index (χ1v) is 9.89. The summed E-state index contributed by atoms with van der Waals surface area (Å²) in [5, 5.41) is 4.77. The van der Waals surface area contributed by atoms with Crippen molar-refractivity contribution in [3.05, 3.63) is 41.2 Å². The number of nitrogens with zero attached hydrogens (tertiary/aromatic N) is 1. The van der Waals surface area contributed by atoms with Crippen LogP contribution < -0.4 is 15.4 Å². The molecular weight excluding hydrogens is 398 g/mol. The van der Waals surface area contributed by atoms with Crippen molar-refractivity contribution in [3.8, 4) is 5.75 Å². The Morgan fingerprint density at radius 3 is 2.45 bits per heavy atom. The average Bonchev–Trinajstić information content (AvgIpc) is 2.69. The van der Waals surface area contributed by atoms with Gasteiger partial charge < -0.3 is 20.1 Å². The third kappa shape index (κ3) is 4.37. The number of amides is 3. The van der Waals surface area contributed by atoms with Crippen LogP contribution >= 0.6 is 11.8 Å². The lowest BCUT2D eigenvalue weighted by Gasteiger charge is -2.49. The first-order valence-electron chi connectivity index (χ1n) is 8.84. The fourth-order valence-corrected chi connectivity index (χ4v) is 4.36. The molecule has 1 saturated heterocycles. The zero-order chi connectivity index (χ0) is 21.1. The van der Waals surface area contributed by atoms with Crippen LogP contribution in [0.25, 0.3) is 0 Å². The lowest BCUT2D eigenvalue weighted by atomic mass is 10.0. The number of carbonyl (C=O) groups is 4. The number of fused-ring (bicyclic) bond motifs is 1. The maximum Gasteiger partial charge on any atom is 0.357 e. The summed E-state index contributed by atoms with van der Waals surface area (Å²) in [6.07, 6.45) is 0. The number of carbonyl (C=O) groups excluding carboxylic acids is 4. The molecule has 1 fully saturated rings. The number of rotatable bonds is 6. The molecule has 2 N–H and O–H groups in total. The molecule has 154 valence electrons. The van der Waals surface area contributed by atoms with E-state index in [-0.39, 0.29) is 24.1 Å². The number of hydrogen-bond acceptors (Lipinski definition) is 7. The summed E-state index contributed by atoms with van der Waals surface area (Å²) < 4.78 is 10.5. The maximum atomic E-state index is 12.8. The summed E-state index contributed by atoms with van der Waals surface area (Å²) in [5.41, 5.74) is 1.06. The van der Waals surface area contributed by atoms with Crippen molar-refractivity contribution in [2.24, 2.45) is 0 Å². The number of β-lactam (4-membered cyclic amide) rings is 1. The van der Waals surface area contributed by atoms with Crippen molar-refractivity contribution < 1.29 is 28.7 Å². The highest BCUT2D eigenvalue weighted by atomic mass is 32.2. The van der Waals surface area contributed by atoms with Crippen molar-refractivity contribution in [3.63, 3.8) is 0 Å². The fraction of sp³-hybridized carbons (Fsp3) is 0.368. The van der Waals surface area contributed by atoms with E-state index >= 15 is 0 Å².